The Morgan fingerprint density at radius 1 is 1.30 bits per heavy atom. The Balaban J connectivity index is 1.79. The molecule has 0 aliphatic heterocycles. The minimum Gasteiger partial charge on any atom is -0.379 e. The van der Waals surface area contributed by atoms with E-state index in [0.717, 1.165) is 16.9 Å². The van der Waals surface area contributed by atoms with Crippen molar-refractivity contribution in [3.8, 4) is 5.69 Å². The summed E-state index contributed by atoms with van der Waals surface area (Å²) in [5.74, 6) is 0. The van der Waals surface area contributed by atoms with Gasteiger partial charge in [-0.1, -0.05) is 18.7 Å². The third-order valence-corrected chi connectivity index (χ3v) is 3.01. The maximum atomic E-state index is 4.16. The van der Waals surface area contributed by atoms with Gasteiger partial charge in [-0.15, -0.1) is 0 Å². The average Bonchev–Trinajstić information content (AvgIpc) is 3.17. The first-order valence-corrected chi connectivity index (χ1v) is 6.33. The highest BCUT2D eigenvalue weighted by molar-refractivity contribution is 5.61. The second kappa shape index (κ2) is 5.44. The molecule has 2 aromatic heterocycles. The molecule has 5 nitrogen and oxygen atoms in total. The topological polar surface area (TPSA) is 47.7 Å². The molecule has 1 N–H and O–H groups in total. The fraction of sp³-hybridized carbons (Fsp3) is 0.0667. The van der Waals surface area contributed by atoms with Crippen molar-refractivity contribution < 1.29 is 0 Å². The molecule has 0 saturated carbocycles. The minimum atomic E-state index is 0.708. The quantitative estimate of drug-likeness (QED) is 0.771. The average molecular weight is 265 g/mol. The molecule has 0 fully saturated rings. The molecular weight excluding hydrogens is 250 g/mol. The first kappa shape index (κ1) is 12.2. The molecule has 100 valence electrons. The van der Waals surface area contributed by atoms with E-state index < -0.39 is 0 Å². The van der Waals surface area contributed by atoms with Crippen LogP contribution in [0.1, 0.15) is 5.56 Å². The van der Waals surface area contributed by atoms with Crippen LogP contribution in [0.2, 0.25) is 0 Å². The highest BCUT2D eigenvalue weighted by atomic mass is 15.2. The van der Waals surface area contributed by atoms with Gasteiger partial charge in [-0.3, -0.25) is 0 Å². The molecule has 0 atom stereocenters. The Kier molecular flexibility index (Phi) is 3.33. The highest BCUT2D eigenvalue weighted by Gasteiger charge is 2.04. The maximum Gasteiger partial charge on any atom is 0.0992 e. The molecule has 0 spiro atoms. The molecule has 5 heteroatoms. The Morgan fingerprint density at radius 3 is 2.95 bits per heavy atom. The van der Waals surface area contributed by atoms with Gasteiger partial charge in [-0.2, -0.15) is 5.10 Å². The first-order valence-electron chi connectivity index (χ1n) is 6.33. The Labute approximate surface area is 117 Å². The van der Waals surface area contributed by atoms with E-state index in [1.807, 2.05) is 41.4 Å². The molecule has 0 aliphatic carbocycles. The van der Waals surface area contributed by atoms with Crippen molar-refractivity contribution in [1.29, 1.82) is 0 Å². The van der Waals surface area contributed by atoms with Crippen molar-refractivity contribution >= 4 is 11.9 Å². The van der Waals surface area contributed by atoms with E-state index in [0.29, 0.717) is 6.54 Å². The summed E-state index contributed by atoms with van der Waals surface area (Å²) in [6, 6.07) is 8.12. The second-order valence-electron chi connectivity index (χ2n) is 4.35. The van der Waals surface area contributed by atoms with Gasteiger partial charge in [0.1, 0.15) is 0 Å². The monoisotopic (exact) mass is 265 g/mol. The number of nitrogens with one attached hydrogen (secondary N) is 1. The van der Waals surface area contributed by atoms with E-state index in [4.69, 9.17) is 0 Å². The van der Waals surface area contributed by atoms with Crippen molar-refractivity contribution in [2.75, 3.05) is 5.32 Å². The van der Waals surface area contributed by atoms with Crippen LogP contribution in [0, 0.1) is 0 Å². The van der Waals surface area contributed by atoms with E-state index >= 15 is 0 Å². The molecule has 20 heavy (non-hydrogen) atoms. The third-order valence-electron chi connectivity index (χ3n) is 3.01. The van der Waals surface area contributed by atoms with Gasteiger partial charge in [-0.25, -0.2) is 9.67 Å². The van der Waals surface area contributed by atoms with Crippen LogP contribution in [0.4, 0.5) is 5.69 Å². The Hall–Kier alpha value is -2.82. The summed E-state index contributed by atoms with van der Waals surface area (Å²) in [5.41, 5.74) is 3.23. The summed E-state index contributed by atoms with van der Waals surface area (Å²) in [7, 11) is 0. The second-order valence-corrected chi connectivity index (χ2v) is 4.35. The van der Waals surface area contributed by atoms with E-state index in [9.17, 15) is 0 Å². The lowest BCUT2D eigenvalue weighted by molar-refractivity contribution is 0.936. The summed E-state index contributed by atoms with van der Waals surface area (Å²) in [5, 5.41) is 7.58. The zero-order valence-electron chi connectivity index (χ0n) is 11.0. The van der Waals surface area contributed by atoms with Crippen LogP contribution >= 0.6 is 0 Å². The minimum absolute atomic E-state index is 0.708. The van der Waals surface area contributed by atoms with Crippen molar-refractivity contribution in [3.63, 3.8) is 0 Å². The molecule has 0 amide bonds. The lowest BCUT2D eigenvalue weighted by atomic mass is 10.2. The molecule has 0 aliphatic rings. The number of benzene rings is 1. The SMILES string of the molecule is C=Cn1cc(CNc2ccccc2-n2ccnc2)cn1. The molecule has 1 aromatic carbocycles. The van der Waals surface area contributed by atoms with Crippen molar-refractivity contribution in [3.05, 3.63) is 67.5 Å². The van der Waals surface area contributed by atoms with Gasteiger partial charge in [-0.05, 0) is 12.1 Å². The van der Waals surface area contributed by atoms with Crippen LogP contribution in [-0.4, -0.2) is 19.3 Å². The fourth-order valence-electron chi connectivity index (χ4n) is 2.02. The number of para-hydroxylation sites is 2. The predicted octanol–water partition coefficient (Wildman–Crippen LogP) is 2.78. The zero-order chi connectivity index (χ0) is 13.8. The van der Waals surface area contributed by atoms with Crippen LogP contribution < -0.4 is 5.32 Å². The lowest BCUT2D eigenvalue weighted by Crippen LogP contribution is -2.03. The molecule has 0 bridgehead atoms. The molecule has 2 heterocycles. The van der Waals surface area contributed by atoms with Crippen LogP contribution in [-0.2, 0) is 6.54 Å². The van der Waals surface area contributed by atoms with E-state index in [2.05, 4.69) is 28.0 Å². The number of nitrogens with zero attached hydrogens (tertiary/aromatic N) is 4. The molecule has 0 saturated heterocycles. The molecular formula is C15H15N5. The first-order chi connectivity index (χ1) is 9.86. The summed E-state index contributed by atoms with van der Waals surface area (Å²) in [6.07, 6.45) is 10.9. The van der Waals surface area contributed by atoms with Crippen LogP contribution in [0.25, 0.3) is 11.9 Å². The Bertz CT molecular complexity index is 697. The molecule has 0 unspecified atom stereocenters. The predicted molar refractivity (Wildman–Crippen MR) is 79.5 cm³/mol. The third kappa shape index (κ3) is 2.47. The number of anilines is 1. The van der Waals surface area contributed by atoms with E-state index in [1.165, 1.54) is 0 Å². The summed E-state index contributed by atoms with van der Waals surface area (Å²) in [4.78, 5) is 4.08. The van der Waals surface area contributed by atoms with Crippen molar-refractivity contribution in [1.82, 2.24) is 19.3 Å². The highest BCUT2D eigenvalue weighted by Crippen LogP contribution is 2.20. The lowest BCUT2D eigenvalue weighted by Gasteiger charge is -2.11. The number of rotatable bonds is 5. The number of aromatic nitrogens is 4. The van der Waals surface area contributed by atoms with E-state index in [-0.39, 0.29) is 0 Å². The largest absolute Gasteiger partial charge is 0.379 e. The number of hydrogen-bond donors (Lipinski definition) is 1. The summed E-state index contributed by atoms with van der Waals surface area (Å²) in [6.45, 7) is 4.39. The normalized spacial score (nSPS) is 10.4. The summed E-state index contributed by atoms with van der Waals surface area (Å²) >= 11 is 0. The van der Waals surface area contributed by atoms with Gasteiger partial charge in [0.05, 0.1) is 23.9 Å². The zero-order valence-corrected chi connectivity index (χ0v) is 11.0. The molecule has 3 rings (SSSR count). The van der Waals surface area contributed by atoms with E-state index in [1.54, 1.807) is 23.4 Å². The van der Waals surface area contributed by atoms with Crippen LogP contribution in [0.5, 0.6) is 0 Å². The van der Waals surface area contributed by atoms with Gasteiger partial charge in [0.15, 0.2) is 0 Å². The van der Waals surface area contributed by atoms with Gasteiger partial charge in [0.25, 0.3) is 0 Å². The van der Waals surface area contributed by atoms with Gasteiger partial charge in [0.2, 0.25) is 0 Å². The maximum absolute atomic E-state index is 4.16. The van der Waals surface area contributed by atoms with Gasteiger partial charge in [0, 0.05) is 36.9 Å². The van der Waals surface area contributed by atoms with Crippen LogP contribution in [0.3, 0.4) is 0 Å². The van der Waals surface area contributed by atoms with Gasteiger partial charge < -0.3 is 9.88 Å². The Morgan fingerprint density at radius 2 is 2.20 bits per heavy atom. The van der Waals surface area contributed by atoms with Crippen LogP contribution in [0.15, 0.2) is 62.0 Å². The standard InChI is InChI=1S/C15H15N5/c1-2-20-11-13(10-18-20)9-17-14-5-3-4-6-15(14)19-8-7-16-12-19/h2-8,10-12,17H,1,9H2. The van der Waals surface area contributed by atoms with Gasteiger partial charge >= 0.3 is 0 Å². The summed E-state index contributed by atoms with van der Waals surface area (Å²) < 4.78 is 3.67. The van der Waals surface area contributed by atoms with Crippen molar-refractivity contribution in [2.45, 2.75) is 6.54 Å². The number of imidazole rings is 1. The van der Waals surface area contributed by atoms with Crippen molar-refractivity contribution in [2.24, 2.45) is 0 Å². The number of hydrogen-bond acceptors (Lipinski definition) is 3. The molecule has 3 aromatic rings. The fourth-order valence-corrected chi connectivity index (χ4v) is 2.02. The smallest absolute Gasteiger partial charge is 0.0992 e. The molecule has 0 radical (unpaired) electrons.